The molecule has 0 saturated carbocycles. The van der Waals surface area contributed by atoms with Gasteiger partial charge in [0.2, 0.25) is 23.6 Å². The van der Waals surface area contributed by atoms with E-state index in [9.17, 15) is 24.0 Å². The molecule has 0 radical (unpaired) electrons. The summed E-state index contributed by atoms with van der Waals surface area (Å²) in [4.78, 5) is 77.6. The van der Waals surface area contributed by atoms with Gasteiger partial charge in [-0.05, 0) is 76.3 Å². The lowest BCUT2D eigenvalue weighted by Crippen LogP contribution is -2.58. The molecule has 53 heavy (non-hydrogen) atoms. The number of benzene rings is 1. The van der Waals surface area contributed by atoms with Crippen LogP contribution in [0.1, 0.15) is 63.4 Å². The van der Waals surface area contributed by atoms with E-state index >= 15 is 0 Å². The second-order valence-electron chi connectivity index (χ2n) is 12.4. The largest absolute Gasteiger partial charge is 0.370 e. The molecule has 0 aliphatic carbocycles. The fraction of sp³-hybridized carbons (Fsp3) is 0.576. The first-order chi connectivity index (χ1) is 25.3. The maximum absolute atomic E-state index is 13.8. The van der Waals surface area contributed by atoms with E-state index in [1.165, 1.54) is 0 Å². The number of guanidine groups is 3. The minimum absolute atomic E-state index is 0.0649. The molecule has 0 saturated heterocycles. The highest BCUT2D eigenvalue weighted by molar-refractivity contribution is 5.95. The Balaban J connectivity index is 3.23. The molecule has 20 nitrogen and oxygen atoms in total. The highest BCUT2D eigenvalue weighted by Gasteiger charge is 2.30. The minimum atomic E-state index is -1.18. The average Bonchev–Trinajstić information content (AvgIpc) is 3.11. The molecule has 0 spiro atoms. The number of carbonyl (C=O) groups is 5. The van der Waals surface area contributed by atoms with E-state index < -0.39 is 53.8 Å². The molecule has 1 aromatic carbocycles. The number of nitrogens with one attached hydrogen (secondary N) is 4. The third-order valence-corrected chi connectivity index (χ3v) is 7.83. The number of amides is 4. The van der Waals surface area contributed by atoms with E-state index in [0.717, 1.165) is 5.56 Å². The fourth-order valence-electron chi connectivity index (χ4n) is 5.07. The number of nitrogens with two attached hydrogens (primary N) is 8. The van der Waals surface area contributed by atoms with Gasteiger partial charge in [0.05, 0.1) is 12.1 Å². The van der Waals surface area contributed by atoms with Gasteiger partial charge in [0.15, 0.2) is 17.9 Å². The third kappa shape index (κ3) is 20.8. The summed E-state index contributed by atoms with van der Waals surface area (Å²) in [5, 5.41) is 10.8. The van der Waals surface area contributed by atoms with Crippen LogP contribution in [0.5, 0.6) is 0 Å². The topological polar surface area (TPSA) is 379 Å². The quantitative estimate of drug-likeness (QED) is 0.0177. The Hall–Kier alpha value is -5.50. The molecule has 296 valence electrons. The maximum atomic E-state index is 13.8. The van der Waals surface area contributed by atoms with Crippen LogP contribution in [0.25, 0.3) is 0 Å². The van der Waals surface area contributed by atoms with Crippen molar-refractivity contribution in [2.24, 2.45) is 60.8 Å². The Morgan fingerprint density at radius 2 is 1.00 bits per heavy atom. The summed E-state index contributed by atoms with van der Waals surface area (Å²) in [7, 11) is 0. The predicted octanol–water partition coefficient (Wildman–Crippen LogP) is -4.02. The number of unbranched alkanes of at least 4 members (excludes halogenated alkanes) is 1. The summed E-state index contributed by atoms with van der Waals surface area (Å²) >= 11 is 0. The van der Waals surface area contributed by atoms with Gasteiger partial charge in [0.25, 0.3) is 0 Å². The Morgan fingerprint density at radius 1 is 0.585 bits per heavy atom. The summed E-state index contributed by atoms with van der Waals surface area (Å²) in [6.07, 6.45) is 3.47. The van der Waals surface area contributed by atoms with Crippen LogP contribution in [0.2, 0.25) is 0 Å². The standard InChI is InChI=1S/C33H59N15O5/c34-15-5-4-12-24(46-27(50)23(35)19-21-9-2-1-3-10-21)29(52)48-26(14-8-18-44-33(40)41)30(53)47-25(13-7-17-43-32(38)39)28(51)45-22(20-49)11-6-16-42-31(36)37/h1-3,9-10,20,22-26H,4-8,11-19,34-35H2,(H,45,51)(H,46,50)(H,47,53)(H,48,52)(H4,36,37,42)(H4,38,39,43)(H4,40,41,44)/t22-,23-,24-,25-,26-/m0/s1. The second kappa shape index (κ2) is 26.3. The van der Waals surface area contributed by atoms with Crippen molar-refractivity contribution in [2.45, 2.75) is 94.4 Å². The Morgan fingerprint density at radius 3 is 1.43 bits per heavy atom. The normalized spacial score (nSPS) is 13.5. The van der Waals surface area contributed by atoms with Crippen LogP contribution in [0, 0.1) is 0 Å². The van der Waals surface area contributed by atoms with Crippen LogP contribution >= 0.6 is 0 Å². The highest BCUT2D eigenvalue weighted by Crippen LogP contribution is 2.09. The van der Waals surface area contributed by atoms with Gasteiger partial charge in [0.1, 0.15) is 24.4 Å². The molecule has 1 rings (SSSR count). The van der Waals surface area contributed by atoms with Crippen LogP contribution < -0.4 is 67.1 Å². The average molecular weight is 746 g/mol. The summed E-state index contributed by atoms with van der Waals surface area (Å²) in [6, 6.07) is 3.97. The summed E-state index contributed by atoms with van der Waals surface area (Å²) in [5.41, 5.74) is 45.2. The van der Waals surface area contributed by atoms with Gasteiger partial charge in [-0.3, -0.25) is 34.2 Å². The molecule has 20 heteroatoms. The zero-order chi connectivity index (χ0) is 39.6. The minimum Gasteiger partial charge on any atom is -0.370 e. The van der Waals surface area contributed by atoms with Crippen molar-refractivity contribution in [1.82, 2.24) is 21.3 Å². The van der Waals surface area contributed by atoms with Gasteiger partial charge in [-0.25, -0.2) is 0 Å². The van der Waals surface area contributed by atoms with Crippen molar-refractivity contribution in [2.75, 3.05) is 26.2 Å². The van der Waals surface area contributed by atoms with E-state index in [4.69, 9.17) is 45.9 Å². The number of rotatable bonds is 27. The zero-order valence-electron chi connectivity index (χ0n) is 30.3. The Kier molecular flexibility index (Phi) is 22.6. The number of carbonyl (C=O) groups excluding carboxylic acids is 5. The van der Waals surface area contributed by atoms with Gasteiger partial charge >= 0.3 is 0 Å². The van der Waals surface area contributed by atoms with E-state index in [-0.39, 0.29) is 82.5 Å². The molecule has 5 atom stereocenters. The molecule has 20 N–H and O–H groups in total. The molecule has 4 amide bonds. The van der Waals surface area contributed by atoms with Crippen LogP contribution in [-0.4, -0.2) is 104 Å². The van der Waals surface area contributed by atoms with E-state index in [1.807, 2.05) is 30.3 Å². The van der Waals surface area contributed by atoms with Crippen LogP contribution in [0.4, 0.5) is 0 Å². The summed E-state index contributed by atoms with van der Waals surface area (Å²) in [6.45, 7) is 0.928. The summed E-state index contributed by atoms with van der Waals surface area (Å²) in [5.74, 6) is -2.92. The lowest BCUT2D eigenvalue weighted by atomic mass is 10.0. The molecule has 1 aromatic rings. The van der Waals surface area contributed by atoms with Crippen molar-refractivity contribution >= 4 is 47.8 Å². The van der Waals surface area contributed by atoms with Gasteiger partial charge in [0, 0.05) is 19.6 Å². The zero-order valence-corrected chi connectivity index (χ0v) is 30.3. The first-order valence-electron chi connectivity index (χ1n) is 17.6. The molecular weight excluding hydrogens is 686 g/mol. The van der Waals surface area contributed by atoms with Crippen molar-refractivity contribution in [3.05, 3.63) is 35.9 Å². The van der Waals surface area contributed by atoms with Gasteiger partial charge in [-0.1, -0.05) is 30.3 Å². The fourth-order valence-corrected chi connectivity index (χ4v) is 5.07. The predicted molar refractivity (Wildman–Crippen MR) is 205 cm³/mol. The van der Waals surface area contributed by atoms with Crippen molar-refractivity contribution in [1.29, 1.82) is 0 Å². The van der Waals surface area contributed by atoms with Gasteiger partial charge in [-0.2, -0.15) is 0 Å². The van der Waals surface area contributed by atoms with Crippen LogP contribution in [-0.2, 0) is 30.4 Å². The van der Waals surface area contributed by atoms with Crippen LogP contribution in [0.15, 0.2) is 45.3 Å². The first kappa shape index (κ1) is 45.5. The number of hydrogen-bond acceptors (Lipinski definition) is 10. The molecule has 0 heterocycles. The first-order valence-corrected chi connectivity index (χ1v) is 17.6. The lowest BCUT2D eigenvalue weighted by Gasteiger charge is -2.26. The second-order valence-corrected chi connectivity index (χ2v) is 12.4. The van der Waals surface area contributed by atoms with E-state index in [0.29, 0.717) is 32.1 Å². The number of nitrogens with zero attached hydrogens (tertiary/aromatic N) is 3. The molecule has 0 unspecified atom stereocenters. The van der Waals surface area contributed by atoms with Crippen molar-refractivity contribution in [3.8, 4) is 0 Å². The van der Waals surface area contributed by atoms with Gasteiger partial charge < -0.3 is 71.9 Å². The molecule has 0 bridgehead atoms. The smallest absolute Gasteiger partial charge is 0.243 e. The molecular formula is C33H59N15O5. The van der Waals surface area contributed by atoms with Crippen LogP contribution in [0.3, 0.4) is 0 Å². The monoisotopic (exact) mass is 745 g/mol. The Labute approximate surface area is 310 Å². The number of aliphatic imine (C=N–C) groups is 3. The van der Waals surface area contributed by atoms with Crippen molar-refractivity contribution in [3.63, 3.8) is 0 Å². The maximum Gasteiger partial charge on any atom is 0.243 e. The molecule has 0 fully saturated rings. The number of hydrogen-bond donors (Lipinski definition) is 12. The lowest BCUT2D eigenvalue weighted by molar-refractivity contribution is -0.134. The van der Waals surface area contributed by atoms with Gasteiger partial charge in [-0.15, -0.1) is 0 Å². The number of aldehydes is 1. The summed E-state index contributed by atoms with van der Waals surface area (Å²) < 4.78 is 0. The highest BCUT2D eigenvalue weighted by atomic mass is 16.2. The van der Waals surface area contributed by atoms with E-state index in [2.05, 4.69) is 36.2 Å². The molecule has 0 aliphatic rings. The Bertz CT molecular complexity index is 1360. The molecule has 0 aliphatic heterocycles. The van der Waals surface area contributed by atoms with E-state index in [1.54, 1.807) is 0 Å². The van der Waals surface area contributed by atoms with Crippen molar-refractivity contribution < 1.29 is 24.0 Å². The SMILES string of the molecule is NCCCC[C@H](NC(=O)[C@@H](N)Cc1ccccc1)C(=O)N[C@@H](CCCN=C(N)N)C(=O)N[C@@H](CCCN=C(N)N)C(=O)N[C@H](C=O)CCCN=C(N)N. The molecule has 0 aromatic heterocycles. The third-order valence-electron chi connectivity index (χ3n) is 7.83.